The van der Waals surface area contributed by atoms with E-state index in [1.165, 1.54) is 4.88 Å². The maximum Gasteiger partial charge on any atom is 0.282 e. The van der Waals surface area contributed by atoms with E-state index in [1.807, 2.05) is 0 Å². The number of rotatable bonds is 1. The molecule has 2 rings (SSSR count). The van der Waals surface area contributed by atoms with Crippen LogP contribution < -0.4 is 5.32 Å². The molecule has 2 heterocycles. The van der Waals surface area contributed by atoms with Gasteiger partial charge in [0.15, 0.2) is 5.01 Å². The smallest absolute Gasteiger partial charge is 0.282 e. The second-order valence-corrected chi connectivity index (χ2v) is 4.92. The summed E-state index contributed by atoms with van der Waals surface area (Å²) in [5.74, 6) is 0.0148. The molecular weight excluding hydrogens is 210 g/mol. The Morgan fingerprint density at radius 3 is 2.87 bits per heavy atom. The highest BCUT2D eigenvalue weighted by molar-refractivity contribution is 7.13. The Morgan fingerprint density at radius 1 is 1.40 bits per heavy atom. The van der Waals surface area contributed by atoms with Gasteiger partial charge in [0.1, 0.15) is 0 Å². The molecule has 1 amide bonds. The lowest BCUT2D eigenvalue weighted by molar-refractivity contribution is 0.0827. The Morgan fingerprint density at radius 2 is 2.13 bits per heavy atom. The van der Waals surface area contributed by atoms with Gasteiger partial charge in [-0.3, -0.25) is 4.79 Å². The lowest BCUT2D eigenvalue weighted by Crippen LogP contribution is -2.21. The van der Waals surface area contributed by atoms with Crippen LogP contribution in [0.1, 0.15) is 20.4 Å². The van der Waals surface area contributed by atoms with E-state index in [4.69, 9.17) is 0 Å². The zero-order chi connectivity index (χ0) is 10.8. The lowest BCUT2D eigenvalue weighted by Gasteiger charge is -2.06. The molecule has 0 atom stereocenters. The summed E-state index contributed by atoms with van der Waals surface area (Å²) in [6.45, 7) is 1.96. The molecule has 0 fully saturated rings. The number of nitrogens with zero attached hydrogens (tertiary/aromatic N) is 2. The van der Waals surface area contributed by atoms with Gasteiger partial charge in [-0.1, -0.05) is 0 Å². The lowest BCUT2D eigenvalue weighted by atomic mass is 10.2. The molecule has 1 aliphatic heterocycles. The van der Waals surface area contributed by atoms with E-state index in [9.17, 15) is 4.79 Å². The van der Waals surface area contributed by atoms with Gasteiger partial charge >= 0.3 is 0 Å². The minimum absolute atomic E-state index is 0.0148. The van der Waals surface area contributed by atoms with E-state index >= 15 is 0 Å². The summed E-state index contributed by atoms with van der Waals surface area (Å²) in [6.07, 6.45) is 1.93. The Balaban J connectivity index is 2.25. The first-order valence-electron chi connectivity index (χ1n) is 5.09. The Labute approximate surface area is 93.3 Å². The number of hydrogen-bond acceptors (Lipinski definition) is 4. The summed E-state index contributed by atoms with van der Waals surface area (Å²) in [4.78, 5) is 19.0. The van der Waals surface area contributed by atoms with Crippen LogP contribution in [0.25, 0.3) is 0 Å². The van der Waals surface area contributed by atoms with Gasteiger partial charge in [0.2, 0.25) is 0 Å². The summed E-state index contributed by atoms with van der Waals surface area (Å²) in [6, 6.07) is 0. The van der Waals surface area contributed by atoms with Crippen LogP contribution >= 0.6 is 11.3 Å². The van der Waals surface area contributed by atoms with Crippen molar-refractivity contribution in [2.24, 2.45) is 0 Å². The summed E-state index contributed by atoms with van der Waals surface area (Å²) >= 11 is 1.54. The second-order valence-electron chi connectivity index (χ2n) is 3.84. The van der Waals surface area contributed by atoms with E-state index in [-0.39, 0.29) is 5.91 Å². The van der Waals surface area contributed by atoms with Crippen LogP contribution in [0.15, 0.2) is 0 Å². The van der Waals surface area contributed by atoms with Crippen LogP contribution in [0.5, 0.6) is 0 Å². The quantitative estimate of drug-likeness (QED) is 0.758. The fourth-order valence-corrected chi connectivity index (χ4v) is 2.72. The second kappa shape index (κ2) is 4.28. The predicted molar refractivity (Wildman–Crippen MR) is 60.4 cm³/mol. The van der Waals surface area contributed by atoms with Crippen molar-refractivity contribution in [3.8, 4) is 0 Å². The molecule has 0 saturated heterocycles. The first-order valence-corrected chi connectivity index (χ1v) is 5.91. The van der Waals surface area contributed by atoms with Crippen molar-refractivity contribution in [3.63, 3.8) is 0 Å². The summed E-state index contributed by atoms with van der Waals surface area (Å²) < 4.78 is 0. The minimum atomic E-state index is 0.0148. The molecule has 0 aromatic carbocycles. The van der Waals surface area contributed by atoms with Crippen molar-refractivity contribution in [2.75, 3.05) is 27.2 Å². The third-order valence-corrected chi connectivity index (χ3v) is 3.58. The van der Waals surface area contributed by atoms with Crippen LogP contribution in [0.4, 0.5) is 0 Å². The van der Waals surface area contributed by atoms with Crippen LogP contribution in [0, 0.1) is 0 Å². The molecule has 15 heavy (non-hydrogen) atoms. The maximum atomic E-state index is 11.7. The summed E-state index contributed by atoms with van der Waals surface area (Å²) in [5.41, 5.74) is 1.11. The Bertz CT molecular complexity index is 349. The first-order chi connectivity index (χ1) is 7.18. The average Bonchev–Trinajstić information content (AvgIpc) is 2.49. The number of aromatic nitrogens is 1. The maximum absolute atomic E-state index is 11.7. The fourth-order valence-electron chi connectivity index (χ4n) is 1.59. The number of carbonyl (C=O) groups excluding carboxylic acids is 1. The number of hydrogen-bond donors (Lipinski definition) is 1. The molecule has 4 nitrogen and oxygen atoms in total. The van der Waals surface area contributed by atoms with Crippen molar-refractivity contribution < 1.29 is 4.79 Å². The van der Waals surface area contributed by atoms with Gasteiger partial charge in [-0.25, -0.2) is 4.98 Å². The monoisotopic (exact) mass is 225 g/mol. The van der Waals surface area contributed by atoms with E-state index in [0.29, 0.717) is 5.01 Å². The van der Waals surface area contributed by atoms with Gasteiger partial charge < -0.3 is 10.2 Å². The highest BCUT2D eigenvalue weighted by Gasteiger charge is 2.18. The van der Waals surface area contributed by atoms with Crippen LogP contribution in [0.2, 0.25) is 0 Å². The van der Waals surface area contributed by atoms with Crippen LogP contribution in [-0.2, 0) is 12.8 Å². The van der Waals surface area contributed by atoms with E-state index < -0.39 is 0 Å². The molecule has 0 saturated carbocycles. The van der Waals surface area contributed by atoms with Gasteiger partial charge in [-0.2, -0.15) is 0 Å². The Kier molecular flexibility index (Phi) is 3.02. The van der Waals surface area contributed by atoms with Crippen LogP contribution in [0.3, 0.4) is 0 Å². The first kappa shape index (κ1) is 10.6. The normalized spacial score (nSPS) is 15.6. The van der Waals surface area contributed by atoms with Crippen molar-refractivity contribution in [1.82, 2.24) is 15.2 Å². The summed E-state index contributed by atoms with van der Waals surface area (Å²) in [5, 5.41) is 3.95. The molecule has 0 aliphatic carbocycles. The van der Waals surface area contributed by atoms with Crippen molar-refractivity contribution in [3.05, 3.63) is 15.6 Å². The van der Waals surface area contributed by atoms with E-state index in [1.54, 1.807) is 30.3 Å². The number of thiazole rings is 1. The van der Waals surface area contributed by atoms with Crippen molar-refractivity contribution >= 4 is 17.2 Å². The number of fused-ring (bicyclic) bond motifs is 1. The molecule has 5 heteroatoms. The van der Waals surface area contributed by atoms with Crippen molar-refractivity contribution in [2.45, 2.75) is 12.8 Å². The zero-order valence-electron chi connectivity index (χ0n) is 9.04. The van der Waals surface area contributed by atoms with E-state index in [0.717, 1.165) is 31.6 Å². The molecule has 1 aromatic rings. The van der Waals surface area contributed by atoms with Gasteiger partial charge in [0.05, 0.1) is 5.69 Å². The SMILES string of the molecule is CN(C)C(=O)c1nc2c(s1)CCNCC2. The topological polar surface area (TPSA) is 45.2 Å². The van der Waals surface area contributed by atoms with E-state index in [2.05, 4.69) is 10.3 Å². The number of amides is 1. The molecular formula is C10H15N3OS. The van der Waals surface area contributed by atoms with Gasteiger partial charge in [-0.15, -0.1) is 11.3 Å². The standard InChI is InChI=1S/C10H15N3OS/c1-13(2)10(14)9-12-7-3-5-11-6-4-8(7)15-9/h11H,3-6H2,1-2H3. The third kappa shape index (κ3) is 2.18. The van der Waals surface area contributed by atoms with Gasteiger partial charge in [-0.05, 0) is 6.42 Å². The molecule has 0 unspecified atom stereocenters. The molecule has 1 N–H and O–H groups in total. The number of carbonyl (C=O) groups is 1. The largest absolute Gasteiger partial charge is 0.343 e. The minimum Gasteiger partial charge on any atom is -0.343 e. The highest BCUT2D eigenvalue weighted by Crippen LogP contribution is 2.21. The van der Waals surface area contributed by atoms with Crippen LogP contribution in [-0.4, -0.2) is 43.0 Å². The third-order valence-electron chi connectivity index (χ3n) is 2.43. The molecule has 0 radical (unpaired) electrons. The zero-order valence-corrected chi connectivity index (χ0v) is 9.86. The van der Waals surface area contributed by atoms with Gasteiger partial charge in [0, 0.05) is 38.5 Å². The fraction of sp³-hybridized carbons (Fsp3) is 0.600. The highest BCUT2D eigenvalue weighted by atomic mass is 32.1. The molecule has 0 spiro atoms. The Hall–Kier alpha value is -0.940. The molecule has 1 aliphatic rings. The number of nitrogens with one attached hydrogen (secondary N) is 1. The average molecular weight is 225 g/mol. The molecule has 1 aromatic heterocycles. The van der Waals surface area contributed by atoms with Gasteiger partial charge in [0.25, 0.3) is 5.91 Å². The molecule has 0 bridgehead atoms. The predicted octanol–water partition coefficient (Wildman–Crippen LogP) is 0.533. The van der Waals surface area contributed by atoms with Crippen molar-refractivity contribution in [1.29, 1.82) is 0 Å². The summed E-state index contributed by atoms with van der Waals surface area (Å²) in [7, 11) is 3.52. The molecule has 82 valence electrons.